The molecule has 0 saturated carbocycles. The first kappa shape index (κ1) is 19.8. The number of benzene rings is 3. The number of aromatic nitrogens is 2. The fraction of sp³-hybridized carbons (Fsp3) is 0. The van der Waals surface area contributed by atoms with E-state index in [4.69, 9.17) is 4.74 Å². The highest BCUT2D eigenvalue weighted by Gasteiger charge is 2.05. The highest BCUT2D eigenvalue weighted by molar-refractivity contribution is 6.04. The molecule has 2 N–H and O–H groups in total. The van der Waals surface area contributed by atoms with Crippen molar-refractivity contribution in [2.75, 3.05) is 10.6 Å². The van der Waals surface area contributed by atoms with Crippen LogP contribution in [0.1, 0.15) is 10.4 Å². The number of nitrogens with zero attached hydrogens (tertiary/aromatic N) is 2. The summed E-state index contributed by atoms with van der Waals surface area (Å²) < 4.78 is 5.81. The predicted molar refractivity (Wildman–Crippen MR) is 123 cm³/mol. The molecule has 0 amide bonds. The number of carbonyl (C=O) groups is 1. The molecule has 1 heterocycles. The van der Waals surface area contributed by atoms with E-state index < -0.39 is 0 Å². The number of hydrogen-bond acceptors (Lipinski definition) is 6. The number of anilines is 4. The van der Waals surface area contributed by atoms with Gasteiger partial charge in [-0.15, -0.1) is 0 Å². The molecule has 4 rings (SSSR count). The lowest BCUT2D eigenvalue weighted by atomic mass is 10.1. The van der Waals surface area contributed by atoms with Crippen LogP contribution in [0.3, 0.4) is 0 Å². The molecule has 6 nitrogen and oxygen atoms in total. The number of allylic oxidation sites excluding steroid dienone is 1. The quantitative estimate of drug-likeness (QED) is 0.270. The smallest absolute Gasteiger partial charge is 0.185 e. The van der Waals surface area contributed by atoms with Crippen molar-refractivity contribution >= 4 is 28.8 Å². The maximum absolute atomic E-state index is 11.8. The van der Waals surface area contributed by atoms with Crippen LogP contribution >= 0.6 is 0 Å². The van der Waals surface area contributed by atoms with Crippen LogP contribution in [0.15, 0.2) is 104 Å². The third-order valence-electron chi connectivity index (χ3n) is 4.38. The minimum absolute atomic E-state index is 0.131. The van der Waals surface area contributed by atoms with Crippen LogP contribution in [0.25, 0.3) is 0 Å². The van der Waals surface area contributed by atoms with E-state index in [2.05, 4.69) is 27.2 Å². The summed E-state index contributed by atoms with van der Waals surface area (Å²) in [5, 5.41) is 6.43. The predicted octanol–water partition coefficient (Wildman–Crippen LogP) is 6.12. The fourth-order valence-electron chi connectivity index (χ4n) is 2.89. The normalized spacial score (nSPS) is 10.2. The summed E-state index contributed by atoms with van der Waals surface area (Å²) in [4.78, 5) is 20.3. The molecular formula is C25H20N4O2. The van der Waals surface area contributed by atoms with Crippen molar-refractivity contribution in [3.63, 3.8) is 0 Å². The van der Waals surface area contributed by atoms with Gasteiger partial charge >= 0.3 is 0 Å². The topological polar surface area (TPSA) is 76.1 Å². The van der Waals surface area contributed by atoms with E-state index in [0.717, 1.165) is 22.9 Å². The SMILES string of the molecule is C=CC(=O)c1cccc(Nc2cc(Nc3ccc(Oc4ccccc4)cc3)ncn2)c1. The minimum Gasteiger partial charge on any atom is -0.457 e. The first-order chi connectivity index (χ1) is 15.2. The fourth-order valence-corrected chi connectivity index (χ4v) is 2.89. The molecule has 0 bridgehead atoms. The Balaban J connectivity index is 1.43. The summed E-state index contributed by atoms with van der Waals surface area (Å²) in [5.74, 6) is 2.63. The van der Waals surface area contributed by atoms with Crippen molar-refractivity contribution in [1.82, 2.24) is 9.97 Å². The van der Waals surface area contributed by atoms with Gasteiger partial charge in [0, 0.05) is 23.0 Å². The maximum Gasteiger partial charge on any atom is 0.185 e. The number of ketones is 1. The third kappa shape index (κ3) is 5.33. The van der Waals surface area contributed by atoms with Crippen LogP contribution < -0.4 is 15.4 Å². The molecule has 4 aromatic rings. The number of nitrogens with one attached hydrogen (secondary N) is 2. The highest BCUT2D eigenvalue weighted by Crippen LogP contribution is 2.25. The molecule has 152 valence electrons. The number of ether oxygens (including phenoxy) is 1. The summed E-state index contributed by atoms with van der Waals surface area (Å²) in [5.41, 5.74) is 2.17. The van der Waals surface area contributed by atoms with Crippen LogP contribution in [0.2, 0.25) is 0 Å². The Morgan fingerprint density at radius 3 is 2.16 bits per heavy atom. The first-order valence-electron chi connectivity index (χ1n) is 9.65. The summed E-state index contributed by atoms with van der Waals surface area (Å²) >= 11 is 0. The van der Waals surface area contributed by atoms with Gasteiger partial charge in [0.2, 0.25) is 0 Å². The molecule has 6 heteroatoms. The van der Waals surface area contributed by atoms with Crippen molar-refractivity contribution in [3.8, 4) is 11.5 Å². The average Bonchev–Trinajstić information content (AvgIpc) is 2.81. The Labute approximate surface area is 180 Å². The van der Waals surface area contributed by atoms with Gasteiger partial charge in [0.25, 0.3) is 0 Å². The zero-order valence-corrected chi connectivity index (χ0v) is 16.7. The monoisotopic (exact) mass is 408 g/mol. The second-order valence-corrected chi connectivity index (χ2v) is 6.63. The van der Waals surface area contributed by atoms with Crippen LogP contribution in [0.5, 0.6) is 11.5 Å². The summed E-state index contributed by atoms with van der Waals surface area (Å²) in [6, 6.07) is 26.2. The lowest BCUT2D eigenvalue weighted by Gasteiger charge is -2.10. The van der Waals surface area contributed by atoms with Gasteiger partial charge in [0.15, 0.2) is 5.78 Å². The Kier molecular flexibility index (Phi) is 6.00. The second-order valence-electron chi connectivity index (χ2n) is 6.63. The van der Waals surface area contributed by atoms with E-state index in [9.17, 15) is 4.79 Å². The van der Waals surface area contributed by atoms with Gasteiger partial charge in [-0.3, -0.25) is 4.79 Å². The zero-order valence-electron chi connectivity index (χ0n) is 16.7. The molecule has 0 spiro atoms. The van der Waals surface area contributed by atoms with Gasteiger partial charge in [-0.1, -0.05) is 36.9 Å². The van der Waals surface area contributed by atoms with Crippen LogP contribution in [-0.2, 0) is 0 Å². The third-order valence-corrected chi connectivity index (χ3v) is 4.38. The molecular weight excluding hydrogens is 388 g/mol. The number of hydrogen-bond donors (Lipinski definition) is 2. The summed E-state index contributed by atoms with van der Waals surface area (Å²) in [6.45, 7) is 3.52. The molecule has 1 aromatic heterocycles. The molecule has 0 unspecified atom stereocenters. The Bertz CT molecular complexity index is 1190. The number of carbonyl (C=O) groups excluding carboxylic acids is 1. The largest absolute Gasteiger partial charge is 0.457 e. The molecule has 0 fully saturated rings. The van der Waals surface area contributed by atoms with E-state index in [0.29, 0.717) is 17.2 Å². The van der Waals surface area contributed by atoms with Gasteiger partial charge in [-0.05, 0) is 54.6 Å². The van der Waals surface area contributed by atoms with Crippen molar-refractivity contribution in [1.29, 1.82) is 0 Å². The van der Waals surface area contributed by atoms with E-state index in [1.807, 2.05) is 60.7 Å². The number of rotatable bonds is 8. The standard InChI is InChI=1S/C25H20N4O2/c1-2-23(30)18-7-6-8-20(15-18)29-25-16-24(26-17-27-25)28-19-11-13-22(14-12-19)31-21-9-4-3-5-10-21/h2-17H,1H2,(H2,26,27,28,29). The van der Waals surface area contributed by atoms with Gasteiger partial charge < -0.3 is 15.4 Å². The molecule has 0 radical (unpaired) electrons. The average molecular weight is 408 g/mol. The first-order valence-corrected chi connectivity index (χ1v) is 9.65. The van der Waals surface area contributed by atoms with Gasteiger partial charge in [0.1, 0.15) is 29.5 Å². The van der Waals surface area contributed by atoms with E-state index in [1.54, 1.807) is 24.3 Å². The van der Waals surface area contributed by atoms with Gasteiger partial charge in [0.05, 0.1) is 0 Å². The summed E-state index contributed by atoms with van der Waals surface area (Å²) in [7, 11) is 0. The summed E-state index contributed by atoms with van der Waals surface area (Å²) in [6.07, 6.45) is 2.76. The van der Waals surface area contributed by atoms with Crippen molar-refractivity contribution in [2.24, 2.45) is 0 Å². The maximum atomic E-state index is 11.8. The molecule has 0 aliphatic carbocycles. The van der Waals surface area contributed by atoms with Crippen LogP contribution in [-0.4, -0.2) is 15.8 Å². The highest BCUT2D eigenvalue weighted by atomic mass is 16.5. The molecule has 0 atom stereocenters. The number of para-hydroxylation sites is 1. The van der Waals surface area contributed by atoms with Gasteiger partial charge in [-0.2, -0.15) is 0 Å². The van der Waals surface area contributed by atoms with E-state index >= 15 is 0 Å². The Morgan fingerprint density at radius 2 is 1.45 bits per heavy atom. The van der Waals surface area contributed by atoms with Crippen molar-refractivity contribution in [3.05, 3.63) is 109 Å². The van der Waals surface area contributed by atoms with E-state index in [1.165, 1.54) is 12.4 Å². The Hall–Kier alpha value is -4.45. The van der Waals surface area contributed by atoms with Crippen LogP contribution in [0.4, 0.5) is 23.0 Å². The molecule has 0 aliphatic rings. The molecule has 0 aliphatic heterocycles. The lowest BCUT2D eigenvalue weighted by molar-refractivity contribution is 0.104. The van der Waals surface area contributed by atoms with Crippen molar-refractivity contribution < 1.29 is 9.53 Å². The zero-order chi connectivity index (χ0) is 21.5. The second kappa shape index (κ2) is 9.37. The van der Waals surface area contributed by atoms with Crippen LogP contribution in [0, 0.1) is 0 Å². The lowest BCUT2D eigenvalue weighted by Crippen LogP contribution is -2.00. The van der Waals surface area contributed by atoms with E-state index in [-0.39, 0.29) is 5.78 Å². The van der Waals surface area contributed by atoms with Gasteiger partial charge in [-0.25, -0.2) is 9.97 Å². The molecule has 31 heavy (non-hydrogen) atoms. The minimum atomic E-state index is -0.131. The molecule has 3 aromatic carbocycles. The molecule has 0 saturated heterocycles. The van der Waals surface area contributed by atoms with Crippen molar-refractivity contribution in [2.45, 2.75) is 0 Å². The Morgan fingerprint density at radius 1 is 0.774 bits per heavy atom.